The standard InChI is InChI=1S/C11H20N4/c1-11-9-14(8-4-13-11)5-2-6-15-7-3-12-10-15/h3,7,10-11,13H,2,4-6,8-9H2,1H3. The van der Waals surface area contributed by atoms with Gasteiger partial charge in [0.25, 0.3) is 0 Å². The van der Waals surface area contributed by atoms with Crippen LogP contribution < -0.4 is 5.32 Å². The second-order valence-electron chi connectivity index (χ2n) is 4.31. The van der Waals surface area contributed by atoms with E-state index >= 15 is 0 Å². The minimum absolute atomic E-state index is 0.645. The summed E-state index contributed by atoms with van der Waals surface area (Å²) in [5, 5.41) is 3.46. The molecule has 1 unspecified atom stereocenters. The third kappa shape index (κ3) is 3.32. The highest BCUT2D eigenvalue weighted by molar-refractivity contribution is 4.76. The largest absolute Gasteiger partial charge is 0.337 e. The quantitative estimate of drug-likeness (QED) is 0.785. The molecule has 1 saturated heterocycles. The minimum Gasteiger partial charge on any atom is -0.337 e. The van der Waals surface area contributed by atoms with Crippen molar-refractivity contribution in [3.8, 4) is 0 Å². The van der Waals surface area contributed by atoms with Gasteiger partial charge in [-0.3, -0.25) is 0 Å². The molecule has 0 aromatic carbocycles. The molecule has 1 aliphatic heterocycles. The second-order valence-corrected chi connectivity index (χ2v) is 4.31. The van der Waals surface area contributed by atoms with E-state index in [9.17, 15) is 0 Å². The maximum Gasteiger partial charge on any atom is 0.0945 e. The molecule has 0 aliphatic carbocycles. The fraction of sp³-hybridized carbons (Fsp3) is 0.727. The first-order chi connectivity index (χ1) is 7.34. The summed E-state index contributed by atoms with van der Waals surface area (Å²) in [5.41, 5.74) is 0. The smallest absolute Gasteiger partial charge is 0.0945 e. The minimum atomic E-state index is 0.645. The summed E-state index contributed by atoms with van der Waals surface area (Å²) in [7, 11) is 0. The van der Waals surface area contributed by atoms with Crippen molar-refractivity contribution in [1.29, 1.82) is 0 Å². The number of hydrogen-bond donors (Lipinski definition) is 1. The topological polar surface area (TPSA) is 33.1 Å². The Kier molecular flexibility index (Phi) is 3.75. The third-order valence-electron chi connectivity index (χ3n) is 2.90. The Hall–Kier alpha value is -0.870. The maximum atomic E-state index is 4.04. The number of imidazole rings is 1. The normalized spacial score (nSPS) is 23.1. The zero-order valence-corrected chi connectivity index (χ0v) is 9.39. The van der Waals surface area contributed by atoms with E-state index in [1.165, 1.54) is 26.1 Å². The molecule has 0 bridgehead atoms. The fourth-order valence-electron chi connectivity index (χ4n) is 2.11. The molecule has 1 fully saturated rings. The molecule has 0 radical (unpaired) electrons. The molecular weight excluding hydrogens is 188 g/mol. The lowest BCUT2D eigenvalue weighted by molar-refractivity contribution is 0.202. The van der Waals surface area contributed by atoms with E-state index in [0.29, 0.717) is 6.04 Å². The molecule has 0 amide bonds. The highest BCUT2D eigenvalue weighted by Crippen LogP contribution is 2.00. The lowest BCUT2D eigenvalue weighted by Crippen LogP contribution is -2.49. The molecule has 84 valence electrons. The molecular formula is C11H20N4. The van der Waals surface area contributed by atoms with Gasteiger partial charge in [0.15, 0.2) is 0 Å². The van der Waals surface area contributed by atoms with Crippen LogP contribution in [0, 0.1) is 0 Å². The number of nitrogens with one attached hydrogen (secondary N) is 1. The van der Waals surface area contributed by atoms with Crippen LogP contribution in [0.15, 0.2) is 18.7 Å². The van der Waals surface area contributed by atoms with E-state index < -0.39 is 0 Å². The molecule has 1 aromatic rings. The summed E-state index contributed by atoms with van der Waals surface area (Å²) in [4.78, 5) is 6.58. The Bertz CT molecular complexity index is 270. The average Bonchev–Trinajstić information content (AvgIpc) is 2.71. The van der Waals surface area contributed by atoms with Crippen LogP contribution in [-0.4, -0.2) is 46.7 Å². The van der Waals surface area contributed by atoms with Crippen molar-refractivity contribution in [3.63, 3.8) is 0 Å². The van der Waals surface area contributed by atoms with Gasteiger partial charge in [0.1, 0.15) is 0 Å². The van der Waals surface area contributed by atoms with E-state index in [4.69, 9.17) is 0 Å². The summed E-state index contributed by atoms with van der Waals surface area (Å²) >= 11 is 0. The van der Waals surface area contributed by atoms with Crippen LogP contribution in [0.5, 0.6) is 0 Å². The van der Waals surface area contributed by atoms with Gasteiger partial charge in [0.05, 0.1) is 6.33 Å². The lowest BCUT2D eigenvalue weighted by atomic mass is 10.2. The summed E-state index contributed by atoms with van der Waals surface area (Å²) < 4.78 is 2.14. The zero-order chi connectivity index (χ0) is 10.5. The zero-order valence-electron chi connectivity index (χ0n) is 9.39. The second kappa shape index (κ2) is 5.28. The van der Waals surface area contributed by atoms with Gasteiger partial charge >= 0.3 is 0 Å². The number of rotatable bonds is 4. The molecule has 2 rings (SSSR count). The molecule has 1 aliphatic rings. The van der Waals surface area contributed by atoms with Gasteiger partial charge in [-0.1, -0.05) is 0 Å². The SMILES string of the molecule is CC1CN(CCCn2ccnc2)CCN1. The predicted molar refractivity (Wildman–Crippen MR) is 60.7 cm³/mol. The van der Waals surface area contributed by atoms with E-state index in [0.717, 1.165) is 13.1 Å². The Balaban J connectivity index is 1.65. The third-order valence-corrected chi connectivity index (χ3v) is 2.90. The highest BCUT2D eigenvalue weighted by Gasteiger charge is 2.14. The van der Waals surface area contributed by atoms with E-state index in [-0.39, 0.29) is 0 Å². The van der Waals surface area contributed by atoms with Gasteiger partial charge in [-0.25, -0.2) is 4.98 Å². The van der Waals surface area contributed by atoms with Crippen molar-refractivity contribution in [3.05, 3.63) is 18.7 Å². The number of aryl methyl sites for hydroxylation is 1. The van der Waals surface area contributed by atoms with Crippen LogP contribution >= 0.6 is 0 Å². The fourth-order valence-corrected chi connectivity index (χ4v) is 2.11. The molecule has 4 nitrogen and oxygen atoms in total. The van der Waals surface area contributed by atoms with Gasteiger partial charge in [-0.2, -0.15) is 0 Å². The van der Waals surface area contributed by atoms with Crippen molar-refractivity contribution in [1.82, 2.24) is 19.8 Å². The van der Waals surface area contributed by atoms with Crippen LogP contribution in [0.3, 0.4) is 0 Å². The van der Waals surface area contributed by atoms with E-state index in [2.05, 4.69) is 26.7 Å². The van der Waals surface area contributed by atoms with Crippen molar-refractivity contribution >= 4 is 0 Å². The molecule has 2 heterocycles. The Morgan fingerprint density at radius 3 is 3.13 bits per heavy atom. The molecule has 1 atom stereocenters. The molecule has 1 aromatic heterocycles. The van der Waals surface area contributed by atoms with Gasteiger partial charge in [-0.15, -0.1) is 0 Å². The number of piperazine rings is 1. The summed E-state index contributed by atoms with van der Waals surface area (Å²) in [6, 6.07) is 0.645. The van der Waals surface area contributed by atoms with E-state index in [1.54, 1.807) is 0 Å². The van der Waals surface area contributed by atoms with Gasteiger partial charge < -0.3 is 14.8 Å². The maximum absolute atomic E-state index is 4.04. The summed E-state index contributed by atoms with van der Waals surface area (Å²) in [6.45, 7) is 8.04. The van der Waals surface area contributed by atoms with Crippen LogP contribution in [0.1, 0.15) is 13.3 Å². The van der Waals surface area contributed by atoms with Crippen molar-refractivity contribution in [2.45, 2.75) is 25.9 Å². The van der Waals surface area contributed by atoms with Gasteiger partial charge in [0, 0.05) is 44.6 Å². The molecule has 0 saturated carbocycles. The van der Waals surface area contributed by atoms with E-state index in [1.807, 2.05) is 18.7 Å². The Labute approximate surface area is 91.3 Å². The van der Waals surface area contributed by atoms with Gasteiger partial charge in [-0.05, 0) is 19.9 Å². The monoisotopic (exact) mass is 208 g/mol. The van der Waals surface area contributed by atoms with Crippen LogP contribution in [-0.2, 0) is 6.54 Å². The van der Waals surface area contributed by atoms with Crippen LogP contribution in [0.2, 0.25) is 0 Å². The van der Waals surface area contributed by atoms with Crippen molar-refractivity contribution in [2.24, 2.45) is 0 Å². The molecule has 1 N–H and O–H groups in total. The molecule has 0 spiro atoms. The predicted octanol–water partition coefficient (Wildman–Crippen LogP) is 0.567. The van der Waals surface area contributed by atoms with Gasteiger partial charge in [0.2, 0.25) is 0 Å². The first-order valence-corrected chi connectivity index (χ1v) is 5.76. The van der Waals surface area contributed by atoms with Crippen LogP contribution in [0.25, 0.3) is 0 Å². The number of aromatic nitrogens is 2. The summed E-state index contributed by atoms with van der Waals surface area (Å²) in [5.74, 6) is 0. The molecule has 4 heteroatoms. The first kappa shape index (κ1) is 10.6. The van der Waals surface area contributed by atoms with Crippen LogP contribution in [0.4, 0.5) is 0 Å². The number of nitrogens with zero attached hydrogens (tertiary/aromatic N) is 3. The lowest BCUT2D eigenvalue weighted by Gasteiger charge is -2.31. The summed E-state index contributed by atoms with van der Waals surface area (Å²) in [6.07, 6.45) is 6.97. The number of hydrogen-bond acceptors (Lipinski definition) is 3. The molecule has 15 heavy (non-hydrogen) atoms. The highest BCUT2D eigenvalue weighted by atomic mass is 15.2. The average molecular weight is 208 g/mol. The first-order valence-electron chi connectivity index (χ1n) is 5.76. The van der Waals surface area contributed by atoms with Crippen molar-refractivity contribution in [2.75, 3.05) is 26.2 Å². The Morgan fingerprint density at radius 1 is 1.47 bits per heavy atom. The van der Waals surface area contributed by atoms with Crippen molar-refractivity contribution < 1.29 is 0 Å². The Morgan fingerprint density at radius 2 is 2.40 bits per heavy atom.